The van der Waals surface area contributed by atoms with Crippen LogP contribution in [0.2, 0.25) is 0 Å². The van der Waals surface area contributed by atoms with Gasteiger partial charge in [-0.05, 0) is 24.5 Å². The summed E-state index contributed by atoms with van der Waals surface area (Å²) < 4.78 is 11.5. The summed E-state index contributed by atoms with van der Waals surface area (Å²) in [6.07, 6.45) is 0.490. The molecular formula is C22H24N2O4. The van der Waals surface area contributed by atoms with Crippen molar-refractivity contribution in [2.45, 2.75) is 20.3 Å². The van der Waals surface area contributed by atoms with Crippen LogP contribution in [0.4, 0.5) is 5.69 Å². The van der Waals surface area contributed by atoms with Crippen molar-refractivity contribution in [1.29, 1.82) is 0 Å². The number of para-hydroxylation sites is 1. The summed E-state index contributed by atoms with van der Waals surface area (Å²) in [6.45, 7) is 5.09. The number of methoxy groups -OCH3 is 1. The fourth-order valence-electron chi connectivity index (χ4n) is 3.71. The highest BCUT2D eigenvalue weighted by molar-refractivity contribution is 6.12. The largest absolute Gasteiger partial charge is 0.495 e. The summed E-state index contributed by atoms with van der Waals surface area (Å²) in [5, 5.41) is 4.81. The molecule has 1 fully saturated rings. The predicted molar refractivity (Wildman–Crippen MR) is 109 cm³/mol. The van der Waals surface area contributed by atoms with E-state index in [1.54, 1.807) is 12.0 Å². The fraction of sp³-hybridized carbons (Fsp3) is 0.364. The van der Waals surface area contributed by atoms with E-state index in [0.717, 1.165) is 16.4 Å². The number of benzene rings is 2. The molecule has 2 heterocycles. The Morgan fingerprint density at radius 1 is 1.25 bits per heavy atom. The lowest BCUT2D eigenvalue weighted by molar-refractivity contribution is -0.132. The maximum atomic E-state index is 12.9. The molecule has 6 heteroatoms. The molecule has 2 amide bonds. The summed E-state index contributed by atoms with van der Waals surface area (Å²) in [5.41, 5.74) is 2.12. The number of anilines is 1. The first kappa shape index (κ1) is 18.3. The van der Waals surface area contributed by atoms with Crippen molar-refractivity contribution in [3.8, 4) is 5.75 Å². The molecule has 0 radical (unpaired) electrons. The minimum Gasteiger partial charge on any atom is -0.495 e. The number of carbonyl (C=O) groups excluding carboxylic acids is 2. The third-order valence-corrected chi connectivity index (χ3v) is 5.18. The van der Waals surface area contributed by atoms with Gasteiger partial charge in [-0.1, -0.05) is 32.0 Å². The van der Waals surface area contributed by atoms with E-state index in [0.29, 0.717) is 42.4 Å². The van der Waals surface area contributed by atoms with Gasteiger partial charge in [-0.2, -0.15) is 0 Å². The second-order valence-electron chi connectivity index (χ2n) is 7.59. The SMILES string of the molecule is COc1cc2c(cc1N1CC[C@@H](C(=O)NCC(C)C)C1=O)oc1ccccc12. The summed E-state index contributed by atoms with van der Waals surface area (Å²) in [6, 6.07) is 11.5. The van der Waals surface area contributed by atoms with E-state index in [-0.39, 0.29) is 11.8 Å². The molecule has 0 aliphatic carbocycles. The lowest BCUT2D eigenvalue weighted by atomic mass is 10.1. The summed E-state index contributed by atoms with van der Waals surface area (Å²) in [4.78, 5) is 27.0. The van der Waals surface area contributed by atoms with Crippen molar-refractivity contribution in [2.75, 3.05) is 25.1 Å². The van der Waals surface area contributed by atoms with Gasteiger partial charge in [-0.25, -0.2) is 0 Å². The van der Waals surface area contributed by atoms with Crippen LogP contribution in [-0.4, -0.2) is 32.0 Å². The van der Waals surface area contributed by atoms with Crippen LogP contribution in [0, 0.1) is 11.8 Å². The lowest BCUT2D eigenvalue weighted by Gasteiger charge is -2.20. The summed E-state index contributed by atoms with van der Waals surface area (Å²) >= 11 is 0. The Balaban J connectivity index is 1.67. The van der Waals surface area contributed by atoms with E-state index in [1.807, 2.05) is 50.2 Å². The molecule has 2 aromatic carbocycles. The van der Waals surface area contributed by atoms with Gasteiger partial charge >= 0.3 is 0 Å². The second kappa shape index (κ2) is 7.19. The zero-order valence-corrected chi connectivity index (χ0v) is 16.3. The van der Waals surface area contributed by atoms with Gasteiger partial charge in [0.05, 0.1) is 12.8 Å². The molecular weight excluding hydrogens is 356 g/mol. The van der Waals surface area contributed by atoms with Gasteiger partial charge in [0, 0.05) is 29.9 Å². The van der Waals surface area contributed by atoms with Gasteiger partial charge in [0.25, 0.3) is 0 Å². The molecule has 0 saturated carbocycles. The van der Waals surface area contributed by atoms with Crippen LogP contribution in [0.3, 0.4) is 0 Å². The first-order valence-corrected chi connectivity index (χ1v) is 9.58. The van der Waals surface area contributed by atoms with Crippen molar-refractivity contribution in [2.24, 2.45) is 11.8 Å². The van der Waals surface area contributed by atoms with E-state index in [9.17, 15) is 9.59 Å². The molecule has 1 saturated heterocycles. The maximum absolute atomic E-state index is 12.9. The topological polar surface area (TPSA) is 71.8 Å². The van der Waals surface area contributed by atoms with E-state index in [2.05, 4.69) is 5.32 Å². The molecule has 3 aromatic rings. The Bertz CT molecular complexity index is 1050. The number of furan rings is 1. The number of carbonyl (C=O) groups is 2. The van der Waals surface area contributed by atoms with E-state index < -0.39 is 5.92 Å². The highest BCUT2D eigenvalue weighted by Gasteiger charge is 2.38. The average Bonchev–Trinajstić information content (AvgIpc) is 3.24. The van der Waals surface area contributed by atoms with Gasteiger partial charge in [-0.3, -0.25) is 9.59 Å². The van der Waals surface area contributed by atoms with Gasteiger partial charge in [0.2, 0.25) is 11.8 Å². The minimum absolute atomic E-state index is 0.199. The van der Waals surface area contributed by atoms with Crippen LogP contribution in [0.1, 0.15) is 20.3 Å². The molecule has 0 unspecified atom stereocenters. The van der Waals surface area contributed by atoms with Crippen molar-refractivity contribution in [1.82, 2.24) is 5.32 Å². The monoisotopic (exact) mass is 380 g/mol. The van der Waals surface area contributed by atoms with Crippen LogP contribution >= 0.6 is 0 Å². The van der Waals surface area contributed by atoms with Crippen LogP contribution in [0.5, 0.6) is 5.75 Å². The number of ether oxygens (including phenoxy) is 1. The van der Waals surface area contributed by atoms with Crippen LogP contribution < -0.4 is 15.0 Å². The normalized spacial score (nSPS) is 17.1. The van der Waals surface area contributed by atoms with Crippen molar-refractivity contribution < 1.29 is 18.7 Å². The van der Waals surface area contributed by atoms with Crippen LogP contribution in [0.25, 0.3) is 21.9 Å². The number of nitrogens with one attached hydrogen (secondary N) is 1. The Hall–Kier alpha value is -3.02. The molecule has 1 atom stereocenters. The van der Waals surface area contributed by atoms with Crippen LogP contribution in [-0.2, 0) is 9.59 Å². The molecule has 0 spiro atoms. The first-order chi connectivity index (χ1) is 13.5. The summed E-state index contributed by atoms with van der Waals surface area (Å²) in [5.74, 6) is -0.127. The van der Waals surface area contributed by atoms with E-state index in [1.165, 1.54) is 0 Å². The lowest BCUT2D eigenvalue weighted by Crippen LogP contribution is -2.38. The van der Waals surface area contributed by atoms with Gasteiger partial charge < -0.3 is 19.4 Å². The minimum atomic E-state index is -0.658. The Morgan fingerprint density at radius 3 is 2.79 bits per heavy atom. The fourth-order valence-corrected chi connectivity index (χ4v) is 3.71. The smallest absolute Gasteiger partial charge is 0.239 e. The molecule has 1 N–H and O–H groups in total. The molecule has 1 aliphatic rings. The third-order valence-electron chi connectivity index (χ3n) is 5.18. The number of amides is 2. The molecule has 4 rings (SSSR count). The predicted octanol–water partition coefficient (Wildman–Crippen LogP) is 3.72. The zero-order valence-electron chi connectivity index (χ0n) is 16.3. The molecule has 1 aromatic heterocycles. The van der Waals surface area contributed by atoms with Gasteiger partial charge in [-0.15, -0.1) is 0 Å². The third kappa shape index (κ3) is 3.09. The van der Waals surface area contributed by atoms with Crippen molar-refractivity contribution >= 4 is 39.4 Å². The van der Waals surface area contributed by atoms with Gasteiger partial charge in [0.15, 0.2) is 0 Å². The highest BCUT2D eigenvalue weighted by atomic mass is 16.5. The highest BCUT2D eigenvalue weighted by Crippen LogP contribution is 2.40. The number of hydrogen-bond donors (Lipinski definition) is 1. The number of fused-ring (bicyclic) bond motifs is 3. The molecule has 0 bridgehead atoms. The molecule has 146 valence electrons. The zero-order chi connectivity index (χ0) is 19.8. The number of rotatable bonds is 5. The molecule has 28 heavy (non-hydrogen) atoms. The maximum Gasteiger partial charge on any atom is 0.239 e. The summed E-state index contributed by atoms with van der Waals surface area (Å²) in [7, 11) is 1.58. The number of hydrogen-bond acceptors (Lipinski definition) is 4. The van der Waals surface area contributed by atoms with Crippen molar-refractivity contribution in [3.05, 3.63) is 36.4 Å². The molecule has 6 nitrogen and oxygen atoms in total. The number of nitrogens with zero attached hydrogens (tertiary/aromatic N) is 1. The van der Waals surface area contributed by atoms with Crippen molar-refractivity contribution in [3.63, 3.8) is 0 Å². The average molecular weight is 380 g/mol. The second-order valence-corrected chi connectivity index (χ2v) is 7.59. The Morgan fingerprint density at radius 2 is 2.04 bits per heavy atom. The van der Waals surface area contributed by atoms with E-state index in [4.69, 9.17) is 9.15 Å². The Labute approximate surface area is 163 Å². The van der Waals surface area contributed by atoms with Gasteiger partial charge in [0.1, 0.15) is 22.8 Å². The molecule has 1 aliphatic heterocycles. The first-order valence-electron chi connectivity index (χ1n) is 9.58. The van der Waals surface area contributed by atoms with Crippen LogP contribution in [0.15, 0.2) is 40.8 Å². The Kier molecular flexibility index (Phi) is 4.71. The quantitative estimate of drug-likeness (QED) is 0.685. The standard InChI is InChI=1S/C22H24N2O4/c1-13(2)12-23-21(25)15-8-9-24(22(15)26)17-11-19-16(10-20(17)27-3)14-6-4-5-7-18(14)28-19/h4-7,10-11,13,15H,8-9,12H2,1-3H3,(H,23,25)/t15-/m0/s1. The van der Waals surface area contributed by atoms with E-state index >= 15 is 0 Å².